The second-order valence-corrected chi connectivity index (χ2v) is 3.20. The van der Waals surface area contributed by atoms with Crippen LogP contribution in [-0.2, 0) is 14.6 Å². The highest BCUT2D eigenvalue weighted by Gasteiger charge is 1.93. The van der Waals surface area contributed by atoms with Gasteiger partial charge < -0.3 is 9.47 Å². The van der Waals surface area contributed by atoms with E-state index in [0.717, 1.165) is 26.1 Å². The highest BCUT2D eigenvalue weighted by molar-refractivity contribution is 4.41. The molecule has 0 aromatic rings. The summed E-state index contributed by atoms with van der Waals surface area (Å²) < 4.78 is 9.99. The van der Waals surface area contributed by atoms with Gasteiger partial charge in [-0.15, -0.1) is 0 Å². The molecule has 0 spiro atoms. The number of rotatable bonds is 8. The van der Waals surface area contributed by atoms with Gasteiger partial charge in [0.2, 0.25) is 0 Å². The van der Waals surface area contributed by atoms with E-state index < -0.39 is 6.79 Å². The molecule has 0 amide bonds. The largest absolute Gasteiger partial charge is 0.381 e. The molecule has 0 rings (SSSR count). The van der Waals surface area contributed by atoms with Crippen LogP contribution in [0.5, 0.6) is 0 Å². The van der Waals surface area contributed by atoms with Gasteiger partial charge in [-0.25, -0.2) is 5.11 Å². The van der Waals surface area contributed by atoms with E-state index in [1.807, 2.05) is 0 Å². The standard InChI is InChI=1S/C9H19O3/c1-9(2)7-11-5-3-4-6-12-8-10/h9H,3-8H2,1-2H3. The lowest BCUT2D eigenvalue weighted by Gasteiger charge is -2.05. The first-order chi connectivity index (χ1) is 5.77. The zero-order valence-corrected chi connectivity index (χ0v) is 8.04. The molecule has 0 aliphatic rings. The number of ether oxygens (including phenoxy) is 2. The normalized spacial score (nSPS) is 11.0. The van der Waals surface area contributed by atoms with Gasteiger partial charge in [0.15, 0.2) is 6.79 Å². The molecule has 0 aliphatic heterocycles. The quantitative estimate of drug-likeness (QED) is 0.417. The highest BCUT2D eigenvalue weighted by atomic mass is 16.6. The molecule has 0 atom stereocenters. The minimum Gasteiger partial charge on any atom is -0.381 e. The summed E-state index contributed by atoms with van der Waals surface area (Å²) in [5.74, 6) is 0.600. The second-order valence-electron chi connectivity index (χ2n) is 3.20. The molecule has 0 saturated carbocycles. The Hall–Kier alpha value is -0.120. The molecule has 3 nitrogen and oxygen atoms in total. The lowest BCUT2D eigenvalue weighted by molar-refractivity contribution is -0.0459. The van der Waals surface area contributed by atoms with E-state index in [4.69, 9.17) is 4.74 Å². The van der Waals surface area contributed by atoms with E-state index in [-0.39, 0.29) is 0 Å². The van der Waals surface area contributed by atoms with Crippen molar-refractivity contribution in [2.75, 3.05) is 26.6 Å². The van der Waals surface area contributed by atoms with Crippen molar-refractivity contribution >= 4 is 0 Å². The van der Waals surface area contributed by atoms with Crippen molar-refractivity contribution in [1.29, 1.82) is 0 Å². The molecule has 0 saturated heterocycles. The molecule has 3 heteroatoms. The monoisotopic (exact) mass is 175 g/mol. The van der Waals surface area contributed by atoms with Gasteiger partial charge in [-0.1, -0.05) is 13.8 Å². The Kier molecular flexibility index (Phi) is 8.88. The topological polar surface area (TPSA) is 38.4 Å². The zero-order chi connectivity index (χ0) is 9.23. The van der Waals surface area contributed by atoms with Crippen LogP contribution in [0.15, 0.2) is 0 Å². The first kappa shape index (κ1) is 11.9. The zero-order valence-electron chi connectivity index (χ0n) is 8.04. The Labute approximate surface area is 74.7 Å². The summed E-state index contributed by atoms with van der Waals surface area (Å²) in [6.45, 7) is 5.99. The van der Waals surface area contributed by atoms with Crippen molar-refractivity contribution in [3.63, 3.8) is 0 Å². The average molecular weight is 175 g/mol. The van der Waals surface area contributed by atoms with E-state index >= 15 is 0 Å². The molecular formula is C9H19O3. The summed E-state index contributed by atoms with van der Waals surface area (Å²) in [5, 5.41) is 9.85. The molecular weight excluding hydrogens is 156 g/mol. The third kappa shape index (κ3) is 9.88. The number of unbranched alkanes of at least 4 members (excludes halogenated alkanes) is 1. The smallest absolute Gasteiger partial charge is 0.180 e. The molecule has 0 aliphatic carbocycles. The minimum absolute atomic E-state index is 0.424. The maximum atomic E-state index is 9.85. The van der Waals surface area contributed by atoms with Gasteiger partial charge in [-0.05, 0) is 18.8 Å². The Morgan fingerprint density at radius 1 is 1.08 bits per heavy atom. The molecule has 0 fully saturated rings. The van der Waals surface area contributed by atoms with Crippen LogP contribution in [0, 0.1) is 5.92 Å². The third-order valence-corrected chi connectivity index (χ3v) is 1.36. The van der Waals surface area contributed by atoms with Crippen LogP contribution < -0.4 is 0 Å². The first-order valence-electron chi connectivity index (χ1n) is 4.51. The Balaban J connectivity index is 2.82. The van der Waals surface area contributed by atoms with Crippen LogP contribution in [0.4, 0.5) is 0 Å². The van der Waals surface area contributed by atoms with Gasteiger partial charge in [-0.3, -0.25) is 0 Å². The molecule has 1 radical (unpaired) electrons. The summed E-state index contributed by atoms with van der Waals surface area (Å²) in [6.07, 6.45) is 1.90. The van der Waals surface area contributed by atoms with Gasteiger partial charge in [-0.2, -0.15) is 0 Å². The highest BCUT2D eigenvalue weighted by Crippen LogP contribution is 1.95. The maximum Gasteiger partial charge on any atom is 0.180 e. The van der Waals surface area contributed by atoms with Crippen molar-refractivity contribution in [3.8, 4) is 0 Å². The average Bonchev–Trinajstić information content (AvgIpc) is 2.02. The van der Waals surface area contributed by atoms with Gasteiger partial charge >= 0.3 is 0 Å². The predicted molar refractivity (Wildman–Crippen MR) is 46.4 cm³/mol. The lowest BCUT2D eigenvalue weighted by Crippen LogP contribution is -2.04. The maximum absolute atomic E-state index is 9.85. The fourth-order valence-electron chi connectivity index (χ4n) is 0.786. The second kappa shape index (κ2) is 8.97. The summed E-state index contributed by atoms with van der Waals surface area (Å²) in [7, 11) is 0. The summed E-state index contributed by atoms with van der Waals surface area (Å²) in [5.41, 5.74) is 0. The number of hydrogen-bond acceptors (Lipinski definition) is 2. The molecule has 0 aromatic heterocycles. The van der Waals surface area contributed by atoms with E-state index in [9.17, 15) is 5.11 Å². The lowest BCUT2D eigenvalue weighted by atomic mass is 10.2. The van der Waals surface area contributed by atoms with Gasteiger partial charge in [0, 0.05) is 19.8 Å². The third-order valence-electron chi connectivity index (χ3n) is 1.36. The van der Waals surface area contributed by atoms with Crippen molar-refractivity contribution in [1.82, 2.24) is 0 Å². The van der Waals surface area contributed by atoms with Crippen LogP contribution in [0.3, 0.4) is 0 Å². The summed E-state index contributed by atoms with van der Waals surface area (Å²) >= 11 is 0. The Morgan fingerprint density at radius 2 is 1.67 bits per heavy atom. The van der Waals surface area contributed by atoms with Gasteiger partial charge in [0.25, 0.3) is 0 Å². The number of hydrogen-bond donors (Lipinski definition) is 0. The Bertz CT molecular complexity index is 83.8. The van der Waals surface area contributed by atoms with Gasteiger partial charge in [0.05, 0.1) is 0 Å². The van der Waals surface area contributed by atoms with Crippen molar-refractivity contribution in [3.05, 3.63) is 0 Å². The molecule has 12 heavy (non-hydrogen) atoms. The van der Waals surface area contributed by atoms with E-state index in [0.29, 0.717) is 12.5 Å². The molecule has 73 valence electrons. The molecule has 0 unspecified atom stereocenters. The molecule has 0 N–H and O–H groups in total. The first-order valence-corrected chi connectivity index (χ1v) is 4.51. The fourth-order valence-corrected chi connectivity index (χ4v) is 0.786. The van der Waals surface area contributed by atoms with Crippen LogP contribution in [0.25, 0.3) is 0 Å². The Morgan fingerprint density at radius 3 is 2.17 bits per heavy atom. The minimum atomic E-state index is -0.424. The van der Waals surface area contributed by atoms with Crippen LogP contribution in [-0.4, -0.2) is 26.6 Å². The van der Waals surface area contributed by atoms with E-state index in [2.05, 4.69) is 18.6 Å². The fraction of sp³-hybridized carbons (Fsp3) is 1.00. The molecule has 0 heterocycles. The van der Waals surface area contributed by atoms with Crippen molar-refractivity contribution in [2.24, 2.45) is 5.92 Å². The predicted octanol–water partition coefficient (Wildman–Crippen LogP) is 1.84. The summed E-state index contributed by atoms with van der Waals surface area (Å²) in [6, 6.07) is 0. The molecule has 0 aromatic carbocycles. The molecule has 0 bridgehead atoms. The van der Waals surface area contributed by atoms with Crippen molar-refractivity contribution in [2.45, 2.75) is 26.7 Å². The van der Waals surface area contributed by atoms with Crippen LogP contribution in [0.2, 0.25) is 0 Å². The van der Waals surface area contributed by atoms with Gasteiger partial charge in [0.1, 0.15) is 0 Å². The van der Waals surface area contributed by atoms with E-state index in [1.54, 1.807) is 0 Å². The summed E-state index contributed by atoms with van der Waals surface area (Å²) in [4.78, 5) is 0. The van der Waals surface area contributed by atoms with Crippen molar-refractivity contribution < 1.29 is 14.6 Å². The SMILES string of the molecule is CC(C)COCCCCOC[O]. The van der Waals surface area contributed by atoms with Crippen LogP contribution in [0.1, 0.15) is 26.7 Å². The van der Waals surface area contributed by atoms with Crippen LogP contribution >= 0.6 is 0 Å². The van der Waals surface area contributed by atoms with E-state index in [1.165, 1.54) is 0 Å².